The van der Waals surface area contributed by atoms with Crippen LogP contribution in [0.3, 0.4) is 0 Å². The van der Waals surface area contributed by atoms with Gasteiger partial charge in [-0.1, -0.05) is 13.8 Å². The molecular formula is C13H29N3O. The third-order valence-electron chi connectivity index (χ3n) is 3.39. The van der Waals surface area contributed by atoms with Crippen molar-refractivity contribution in [3.05, 3.63) is 0 Å². The van der Waals surface area contributed by atoms with Crippen molar-refractivity contribution in [2.75, 3.05) is 52.4 Å². The van der Waals surface area contributed by atoms with Crippen molar-refractivity contribution >= 4 is 0 Å². The van der Waals surface area contributed by atoms with Crippen LogP contribution in [0, 0.1) is 0 Å². The van der Waals surface area contributed by atoms with Crippen molar-refractivity contribution in [2.45, 2.75) is 32.7 Å². The maximum atomic E-state index is 9.32. The smallest absolute Gasteiger partial charge is 0.0597 e. The van der Waals surface area contributed by atoms with Crippen LogP contribution in [0.15, 0.2) is 0 Å². The molecule has 4 nitrogen and oxygen atoms in total. The van der Waals surface area contributed by atoms with Gasteiger partial charge in [0.1, 0.15) is 0 Å². The molecule has 1 unspecified atom stereocenters. The molecule has 102 valence electrons. The molecular weight excluding hydrogens is 214 g/mol. The Bertz CT molecular complexity index is 182. The Hall–Kier alpha value is -0.160. The summed E-state index contributed by atoms with van der Waals surface area (Å²) in [5.41, 5.74) is 0. The monoisotopic (exact) mass is 243 g/mol. The summed E-state index contributed by atoms with van der Waals surface area (Å²) >= 11 is 0. The van der Waals surface area contributed by atoms with E-state index >= 15 is 0 Å². The van der Waals surface area contributed by atoms with E-state index in [0.717, 1.165) is 32.6 Å². The first-order valence-electron chi connectivity index (χ1n) is 7.09. The molecule has 0 aromatic heterocycles. The molecule has 1 aliphatic heterocycles. The van der Waals surface area contributed by atoms with Gasteiger partial charge in [0, 0.05) is 38.8 Å². The molecule has 1 rings (SSSR count). The Kier molecular flexibility index (Phi) is 7.77. The largest absolute Gasteiger partial charge is 0.395 e. The molecule has 0 spiro atoms. The summed E-state index contributed by atoms with van der Waals surface area (Å²) in [6.07, 6.45) is 2.37. The van der Waals surface area contributed by atoms with E-state index in [4.69, 9.17) is 0 Å². The third-order valence-corrected chi connectivity index (χ3v) is 3.39. The average Bonchev–Trinajstić information content (AvgIpc) is 2.37. The van der Waals surface area contributed by atoms with E-state index in [0.29, 0.717) is 0 Å². The Morgan fingerprint density at radius 2 is 1.71 bits per heavy atom. The second-order valence-corrected chi connectivity index (χ2v) is 4.98. The van der Waals surface area contributed by atoms with Gasteiger partial charge < -0.3 is 15.3 Å². The molecule has 2 N–H and O–H groups in total. The van der Waals surface area contributed by atoms with Crippen molar-refractivity contribution < 1.29 is 5.11 Å². The van der Waals surface area contributed by atoms with Gasteiger partial charge in [-0.05, 0) is 25.9 Å². The molecule has 0 bridgehead atoms. The number of hydrogen-bond donors (Lipinski definition) is 2. The van der Waals surface area contributed by atoms with Crippen LogP contribution >= 0.6 is 0 Å². The van der Waals surface area contributed by atoms with Crippen molar-refractivity contribution in [2.24, 2.45) is 0 Å². The quantitative estimate of drug-likeness (QED) is 0.646. The van der Waals surface area contributed by atoms with Crippen LogP contribution < -0.4 is 5.32 Å². The highest BCUT2D eigenvalue weighted by Crippen LogP contribution is 2.03. The van der Waals surface area contributed by atoms with E-state index in [1.807, 2.05) is 0 Å². The van der Waals surface area contributed by atoms with Crippen LogP contribution in [0.2, 0.25) is 0 Å². The van der Waals surface area contributed by atoms with E-state index in [2.05, 4.69) is 29.0 Å². The number of rotatable bonds is 8. The summed E-state index contributed by atoms with van der Waals surface area (Å²) < 4.78 is 0. The zero-order chi connectivity index (χ0) is 12.5. The molecule has 0 amide bonds. The SMILES string of the molecule is CCCNC(CO)CN1CCN(CCC)CC1. The van der Waals surface area contributed by atoms with Crippen LogP contribution in [0.1, 0.15) is 26.7 Å². The minimum absolute atomic E-state index is 0.243. The lowest BCUT2D eigenvalue weighted by Crippen LogP contribution is -2.51. The zero-order valence-electron chi connectivity index (χ0n) is 11.5. The van der Waals surface area contributed by atoms with Gasteiger partial charge in [0.15, 0.2) is 0 Å². The molecule has 0 aliphatic carbocycles. The van der Waals surface area contributed by atoms with E-state index in [1.54, 1.807) is 0 Å². The Balaban J connectivity index is 2.19. The molecule has 17 heavy (non-hydrogen) atoms. The lowest BCUT2D eigenvalue weighted by molar-refractivity contribution is 0.110. The zero-order valence-corrected chi connectivity index (χ0v) is 11.5. The van der Waals surface area contributed by atoms with Crippen LogP contribution in [0.25, 0.3) is 0 Å². The fraction of sp³-hybridized carbons (Fsp3) is 1.00. The Morgan fingerprint density at radius 1 is 1.06 bits per heavy atom. The lowest BCUT2D eigenvalue weighted by Gasteiger charge is -2.36. The molecule has 0 aromatic carbocycles. The van der Waals surface area contributed by atoms with Gasteiger partial charge in [0.2, 0.25) is 0 Å². The number of nitrogens with one attached hydrogen (secondary N) is 1. The first-order chi connectivity index (χ1) is 8.30. The predicted molar refractivity (Wildman–Crippen MR) is 72.3 cm³/mol. The van der Waals surface area contributed by atoms with Crippen molar-refractivity contribution in [1.82, 2.24) is 15.1 Å². The highest BCUT2D eigenvalue weighted by molar-refractivity contribution is 4.76. The van der Waals surface area contributed by atoms with Gasteiger partial charge in [0.25, 0.3) is 0 Å². The maximum absolute atomic E-state index is 9.32. The summed E-state index contributed by atoms with van der Waals surface area (Å²) in [5, 5.41) is 12.7. The summed E-state index contributed by atoms with van der Waals surface area (Å²) in [6, 6.07) is 0.243. The molecule has 0 radical (unpaired) electrons. The molecule has 1 fully saturated rings. The Labute approximate surface area is 106 Å². The highest BCUT2D eigenvalue weighted by Gasteiger charge is 2.18. The molecule has 1 saturated heterocycles. The summed E-state index contributed by atoms with van der Waals surface area (Å²) in [7, 11) is 0. The minimum Gasteiger partial charge on any atom is -0.395 e. The van der Waals surface area contributed by atoms with Crippen LogP contribution in [0.5, 0.6) is 0 Å². The highest BCUT2D eigenvalue weighted by atomic mass is 16.3. The van der Waals surface area contributed by atoms with E-state index in [-0.39, 0.29) is 12.6 Å². The topological polar surface area (TPSA) is 38.7 Å². The second kappa shape index (κ2) is 8.86. The normalized spacial score (nSPS) is 20.6. The average molecular weight is 243 g/mol. The Morgan fingerprint density at radius 3 is 2.24 bits per heavy atom. The van der Waals surface area contributed by atoms with E-state index in [9.17, 15) is 5.11 Å². The van der Waals surface area contributed by atoms with Crippen molar-refractivity contribution in [1.29, 1.82) is 0 Å². The first kappa shape index (κ1) is 14.9. The van der Waals surface area contributed by atoms with E-state index < -0.39 is 0 Å². The lowest BCUT2D eigenvalue weighted by atomic mass is 10.2. The minimum atomic E-state index is 0.243. The summed E-state index contributed by atoms with van der Waals surface area (Å²) in [4.78, 5) is 5.00. The van der Waals surface area contributed by atoms with Crippen LogP contribution in [-0.2, 0) is 0 Å². The fourth-order valence-corrected chi connectivity index (χ4v) is 2.36. The molecule has 1 atom stereocenters. The number of hydrogen-bond acceptors (Lipinski definition) is 4. The van der Waals surface area contributed by atoms with Crippen molar-refractivity contribution in [3.63, 3.8) is 0 Å². The maximum Gasteiger partial charge on any atom is 0.0597 e. The van der Waals surface area contributed by atoms with Gasteiger partial charge in [-0.2, -0.15) is 0 Å². The standard InChI is InChI=1S/C13H29N3O/c1-3-5-14-13(12-17)11-16-9-7-15(6-4-2)8-10-16/h13-14,17H,3-12H2,1-2H3. The fourth-order valence-electron chi connectivity index (χ4n) is 2.36. The number of piperazine rings is 1. The summed E-state index contributed by atoms with van der Waals surface area (Å²) in [5.74, 6) is 0. The van der Waals surface area contributed by atoms with Crippen LogP contribution in [-0.4, -0.2) is 73.4 Å². The number of aliphatic hydroxyl groups excluding tert-OH is 1. The van der Waals surface area contributed by atoms with Gasteiger partial charge in [-0.3, -0.25) is 4.90 Å². The van der Waals surface area contributed by atoms with Gasteiger partial charge >= 0.3 is 0 Å². The van der Waals surface area contributed by atoms with E-state index in [1.165, 1.54) is 26.1 Å². The van der Waals surface area contributed by atoms with Gasteiger partial charge in [0.05, 0.1) is 6.61 Å². The first-order valence-corrected chi connectivity index (χ1v) is 7.09. The predicted octanol–water partition coefficient (Wildman–Crippen LogP) is 0.375. The second-order valence-electron chi connectivity index (χ2n) is 4.98. The molecule has 1 aliphatic rings. The molecule has 4 heteroatoms. The number of nitrogens with zero attached hydrogens (tertiary/aromatic N) is 2. The molecule has 0 aromatic rings. The van der Waals surface area contributed by atoms with Crippen molar-refractivity contribution in [3.8, 4) is 0 Å². The van der Waals surface area contributed by atoms with Crippen LogP contribution in [0.4, 0.5) is 0 Å². The molecule has 0 saturated carbocycles. The third kappa shape index (κ3) is 5.82. The van der Waals surface area contributed by atoms with Gasteiger partial charge in [-0.25, -0.2) is 0 Å². The van der Waals surface area contributed by atoms with Gasteiger partial charge in [-0.15, -0.1) is 0 Å². The number of aliphatic hydroxyl groups is 1. The molecule has 1 heterocycles. The summed E-state index contributed by atoms with van der Waals surface area (Å²) in [6.45, 7) is 12.5.